The molecular formula is C34H34Cl2N6O5S. The van der Waals surface area contributed by atoms with Gasteiger partial charge in [-0.05, 0) is 37.1 Å². The summed E-state index contributed by atoms with van der Waals surface area (Å²) in [6, 6.07) is 10.3. The van der Waals surface area contributed by atoms with Crippen molar-refractivity contribution in [2.24, 2.45) is 0 Å². The largest absolute Gasteiger partial charge is 0.496 e. The van der Waals surface area contributed by atoms with Crippen LogP contribution in [0, 0.1) is 0 Å². The van der Waals surface area contributed by atoms with E-state index in [0.29, 0.717) is 55.8 Å². The summed E-state index contributed by atoms with van der Waals surface area (Å²) in [5.41, 5.74) is 5.95. The van der Waals surface area contributed by atoms with Crippen LogP contribution in [0.15, 0.2) is 55.1 Å². The Morgan fingerprint density at radius 1 is 0.875 bits per heavy atom. The number of pyridine rings is 2. The molecule has 1 saturated heterocycles. The number of benzene rings is 2. The average Bonchev–Trinajstić information content (AvgIpc) is 3.83. The minimum absolute atomic E-state index is 0.340. The zero-order valence-electron chi connectivity index (χ0n) is 26.6. The maximum absolute atomic E-state index is 11.3. The fraction of sp³-hybridized carbons (Fsp3) is 0.294. The summed E-state index contributed by atoms with van der Waals surface area (Å²) in [6.07, 6.45) is 11.1. The second-order valence-corrected chi connectivity index (χ2v) is 13.2. The van der Waals surface area contributed by atoms with Gasteiger partial charge in [-0.2, -0.15) is 0 Å². The van der Waals surface area contributed by atoms with Crippen LogP contribution in [0.5, 0.6) is 17.2 Å². The summed E-state index contributed by atoms with van der Waals surface area (Å²) in [6.45, 7) is 3.70. The molecule has 4 heterocycles. The van der Waals surface area contributed by atoms with E-state index in [-0.39, 0.29) is 0 Å². The molecule has 14 heteroatoms. The van der Waals surface area contributed by atoms with Crippen LogP contribution in [0.4, 0.5) is 5.69 Å². The molecular weight excluding hydrogens is 675 g/mol. The molecule has 250 valence electrons. The molecule has 0 atom stereocenters. The highest BCUT2D eigenvalue weighted by atomic mass is 35.5. The van der Waals surface area contributed by atoms with Gasteiger partial charge in [0.05, 0.1) is 42.6 Å². The van der Waals surface area contributed by atoms with Crippen molar-refractivity contribution < 1.29 is 22.6 Å². The molecule has 3 aromatic heterocycles. The lowest BCUT2D eigenvalue weighted by atomic mass is 10.0. The second kappa shape index (κ2) is 13.3. The fourth-order valence-electron chi connectivity index (χ4n) is 6.46. The number of ether oxygens (including phenoxy) is 3. The average molecular weight is 710 g/mol. The molecule has 1 aliphatic carbocycles. The molecule has 0 bridgehead atoms. The van der Waals surface area contributed by atoms with E-state index >= 15 is 0 Å². The minimum Gasteiger partial charge on any atom is -0.496 e. The van der Waals surface area contributed by atoms with E-state index in [1.807, 2.05) is 34.9 Å². The molecule has 2 aliphatic rings. The van der Waals surface area contributed by atoms with Gasteiger partial charge in [0.1, 0.15) is 22.9 Å². The van der Waals surface area contributed by atoms with Crippen LogP contribution in [-0.2, 0) is 10.9 Å². The molecule has 11 nitrogen and oxygen atoms in total. The van der Waals surface area contributed by atoms with E-state index in [1.165, 1.54) is 33.3 Å². The first kappa shape index (κ1) is 32.3. The van der Waals surface area contributed by atoms with Crippen molar-refractivity contribution in [2.45, 2.75) is 18.9 Å². The van der Waals surface area contributed by atoms with Gasteiger partial charge in [0.2, 0.25) is 10.9 Å². The van der Waals surface area contributed by atoms with Gasteiger partial charge in [0, 0.05) is 102 Å². The second-order valence-electron chi connectivity index (χ2n) is 11.7. The molecule has 1 saturated carbocycles. The number of hydrogen-bond donors (Lipinski definition) is 2. The monoisotopic (exact) mass is 708 g/mol. The van der Waals surface area contributed by atoms with Gasteiger partial charge in [0.15, 0.2) is 0 Å². The highest BCUT2D eigenvalue weighted by molar-refractivity contribution is 7.70. The van der Waals surface area contributed by atoms with Crippen LogP contribution >= 0.6 is 23.2 Å². The number of fused-ring (bicyclic) bond motifs is 3. The fourth-order valence-corrected chi connectivity index (χ4v) is 7.36. The summed E-state index contributed by atoms with van der Waals surface area (Å²) in [5, 5.41) is 1.50. The molecule has 1 N–H and O–H groups in total. The van der Waals surface area contributed by atoms with Crippen LogP contribution in [-0.4, -0.2) is 81.2 Å². The van der Waals surface area contributed by atoms with E-state index in [4.69, 9.17) is 42.4 Å². The molecule has 2 aromatic carbocycles. The summed E-state index contributed by atoms with van der Waals surface area (Å²) >= 11 is 13.6. The van der Waals surface area contributed by atoms with Crippen molar-refractivity contribution in [3.05, 3.63) is 70.7 Å². The Morgan fingerprint density at radius 2 is 1.58 bits per heavy atom. The maximum atomic E-state index is 11.3. The van der Waals surface area contributed by atoms with Crippen LogP contribution in [0.25, 0.3) is 45.0 Å². The Labute approximate surface area is 289 Å². The van der Waals surface area contributed by atoms with Crippen LogP contribution < -0.4 is 23.8 Å². The van der Waals surface area contributed by atoms with Crippen LogP contribution in [0.3, 0.4) is 0 Å². The number of halogens is 2. The number of hydrogen-bond acceptors (Lipinski definition) is 9. The van der Waals surface area contributed by atoms with Crippen LogP contribution in [0.1, 0.15) is 18.4 Å². The SMILES string of the molecule is COc1cc(N2CCN(C3CC3)CC2)c(C=CN[SH](=O)=O)cc1-c1cc2c(cn1)cc(-c1c(Cl)c(OC)cc(OC)c1Cl)c1nccn12. The van der Waals surface area contributed by atoms with Gasteiger partial charge in [-0.25, -0.2) is 13.4 Å². The summed E-state index contributed by atoms with van der Waals surface area (Å²) in [7, 11) is 1.93. The highest BCUT2D eigenvalue weighted by Crippen LogP contribution is 2.48. The number of imidazole rings is 1. The first-order valence-electron chi connectivity index (χ1n) is 15.5. The zero-order valence-corrected chi connectivity index (χ0v) is 29.0. The van der Waals surface area contributed by atoms with Crippen molar-refractivity contribution >= 4 is 62.4 Å². The Balaban J connectivity index is 1.34. The summed E-state index contributed by atoms with van der Waals surface area (Å²) in [5.74, 6) is 1.50. The maximum Gasteiger partial charge on any atom is 0.222 e. The lowest BCUT2D eigenvalue weighted by Gasteiger charge is -2.37. The normalized spacial score (nSPS) is 15.6. The molecule has 0 amide bonds. The predicted octanol–water partition coefficient (Wildman–Crippen LogP) is 5.92. The van der Waals surface area contributed by atoms with Gasteiger partial charge < -0.3 is 19.1 Å². The molecule has 7 rings (SSSR count). The molecule has 48 heavy (non-hydrogen) atoms. The number of methoxy groups -OCH3 is 3. The van der Waals surface area contributed by atoms with Crippen molar-refractivity contribution in [3.8, 4) is 39.6 Å². The quantitative estimate of drug-likeness (QED) is 0.171. The molecule has 0 unspecified atom stereocenters. The third-order valence-corrected chi connectivity index (χ3v) is 10.1. The molecule has 0 radical (unpaired) electrons. The molecule has 0 spiro atoms. The Morgan fingerprint density at radius 3 is 2.23 bits per heavy atom. The standard InChI is InChI=1S/C34H34Cl2N6O5S/c1-45-28-17-26(41-12-10-40(11-13-41)22-4-5-22)20(6-7-39-48(43)44)14-23(28)25-16-27-21(19-38-25)15-24(34-37-8-9-42(27)34)31-32(35)29(46-2)18-30(47-3)33(31)36/h6-9,14-19,22,48H,4-5,10-13H2,1-3H3,(H,39,43,44). The van der Waals surface area contributed by atoms with Gasteiger partial charge in [-0.1, -0.05) is 23.2 Å². The van der Waals surface area contributed by atoms with E-state index in [0.717, 1.165) is 53.9 Å². The first-order valence-corrected chi connectivity index (χ1v) is 17.4. The Kier molecular flexibility index (Phi) is 8.99. The molecule has 1 aliphatic heterocycles. The number of nitrogens with one attached hydrogen (secondary N) is 1. The first-order chi connectivity index (χ1) is 23.3. The van der Waals surface area contributed by atoms with Gasteiger partial charge in [0.25, 0.3) is 0 Å². The number of nitrogens with zero attached hydrogens (tertiary/aromatic N) is 5. The van der Waals surface area contributed by atoms with E-state index in [2.05, 4.69) is 19.5 Å². The number of rotatable bonds is 10. The number of piperazine rings is 1. The summed E-state index contributed by atoms with van der Waals surface area (Å²) < 4.78 is 43.9. The summed E-state index contributed by atoms with van der Waals surface area (Å²) in [4.78, 5) is 14.4. The Hall–Kier alpha value is -4.23. The van der Waals surface area contributed by atoms with Crippen molar-refractivity contribution in [2.75, 3.05) is 52.4 Å². The number of anilines is 1. The van der Waals surface area contributed by atoms with E-state index in [9.17, 15) is 8.42 Å². The topological polar surface area (TPSA) is 111 Å². The van der Waals surface area contributed by atoms with Crippen molar-refractivity contribution in [1.82, 2.24) is 24.0 Å². The predicted molar refractivity (Wildman–Crippen MR) is 190 cm³/mol. The lowest BCUT2D eigenvalue weighted by molar-refractivity contribution is 0.248. The zero-order chi connectivity index (χ0) is 33.5. The van der Waals surface area contributed by atoms with E-state index in [1.54, 1.807) is 31.6 Å². The minimum atomic E-state index is -2.78. The van der Waals surface area contributed by atoms with Crippen molar-refractivity contribution in [1.29, 1.82) is 0 Å². The number of aromatic nitrogens is 3. The highest BCUT2D eigenvalue weighted by Gasteiger charge is 2.32. The Bertz CT molecular complexity index is 2100. The molecule has 2 fully saturated rings. The van der Waals surface area contributed by atoms with E-state index < -0.39 is 10.9 Å². The third-order valence-electron chi connectivity index (χ3n) is 8.98. The van der Waals surface area contributed by atoms with Gasteiger partial charge >= 0.3 is 0 Å². The van der Waals surface area contributed by atoms with Crippen molar-refractivity contribution in [3.63, 3.8) is 0 Å². The van der Waals surface area contributed by atoms with Gasteiger partial charge in [-0.3, -0.25) is 19.0 Å². The smallest absolute Gasteiger partial charge is 0.222 e. The lowest BCUT2D eigenvalue weighted by Crippen LogP contribution is -2.47. The van der Waals surface area contributed by atoms with Gasteiger partial charge in [-0.15, -0.1) is 0 Å². The van der Waals surface area contributed by atoms with Crippen LogP contribution in [0.2, 0.25) is 10.0 Å². The molecule has 5 aromatic rings. The number of thiol groups is 1. The third kappa shape index (κ3) is 5.98.